The largest absolute Gasteiger partial charge is 0.352 e. The fraction of sp³-hybridized carbons (Fsp3) is 0.100. The van der Waals surface area contributed by atoms with Crippen molar-refractivity contribution in [2.24, 2.45) is 0 Å². The summed E-state index contributed by atoms with van der Waals surface area (Å²) in [5, 5.41) is 5.70. The second-order valence-electron chi connectivity index (χ2n) is 5.66. The van der Waals surface area contributed by atoms with E-state index in [0.717, 1.165) is 0 Å². The van der Waals surface area contributed by atoms with Crippen molar-refractivity contribution in [3.63, 3.8) is 0 Å². The van der Waals surface area contributed by atoms with E-state index in [1.807, 2.05) is 0 Å². The molecule has 4 nitrogen and oxygen atoms in total. The van der Waals surface area contributed by atoms with Crippen LogP contribution < -0.4 is 10.6 Å². The minimum absolute atomic E-state index is 0.285. The van der Waals surface area contributed by atoms with Crippen LogP contribution in [0.2, 0.25) is 0 Å². The molecule has 0 radical (unpaired) electrons. The molecule has 2 aromatic carbocycles. The molecule has 1 aromatic heterocycles. The molecule has 0 bridgehead atoms. The van der Waals surface area contributed by atoms with Crippen LogP contribution >= 0.6 is 0 Å². The molecule has 0 atom stereocenters. The van der Waals surface area contributed by atoms with Gasteiger partial charge in [0.15, 0.2) is 0 Å². The zero-order valence-electron chi connectivity index (χ0n) is 13.9. The highest BCUT2D eigenvalue weighted by molar-refractivity contribution is 5.94. The molecule has 26 heavy (non-hydrogen) atoms. The van der Waals surface area contributed by atoms with Crippen LogP contribution in [0.1, 0.15) is 15.9 Å². The Morgan fingerprint density at radius 3 is 2.65 bits per heavy atom. The molecule has 0 fully saturated rings. The van der Waals surface area contributed by atoms with Gasteiger partial charge in [0.1, 0.15) is 17.5 Å². The predicted octanol–water partition coefficient (Wildman–Crippen LogP) is 4.08. The lowest BCUT2D eigenvalue weighted by atomic mass is 10.1. The highest BCUT2D eigenvalue weighted by atomic mass is 19.1. The quantitative estimate of drug-likeness (QED) is 0.702. The van der Waals surface area contributed by atoms with Gasteiger partial charge in [-0.25, -0.2) is 13.8 Å². The number of rotatable bonds is 6. The van der Waals surface area contributed by atoms with Gasteiger partial charge in [0.25, 0.3) is 5.91 Å². The molecule has 0 aliphatic rings. The van der Waals surface area contributed by atoms with Gasteiger partial charge < -0.3 is 10.6 Å². The van der Waals surface area contributed by atoms with E-state index in [1.54, 1.807) is 42.5 Å². The summed E-state index contributed by atoms with van der Waals surface area (Å²) in [5.41, 5.74) is 1.50. The predicted molar refractivity (Wildman–Crippen MR) is 96.4 cm³/mol. The van der Waals surface area contributed by atoms with Crippen LogP contribution in [0.15, 0.2) is 66.9 Å². The smallest absolute Gasteiger partial charge is 0.251 e. The maximum atomic E-state index is 13.6. The van der Waals surface area contributed by atoms with Crippen LogP contribution in [0.25, 0.3) is 0 Å². The van der Waals surface area contributed by atoms with E-state index in [0.29, 0.717) is 35.6 Å². The van der Waals surface area contributed by atoms with E-state index >= 15 is 0 Å². The van der Waals surface area contributed by atoms with E-state index < -0.39 is 0 Å². The Morgan fingerprint density at radius 1 is 1.00 bits per heavy atom. The van der Waals surface area contributed by atoms with Gasteiger partial charge in [0.05, 0.1) is 0 Å². The molecule has 1 heterocycles. The van der Waals surface area contributed by atoms with E-state index in [2.05, 4.69) is 15.6 Å². The van der Waals surface area contributed by atoms with Crippen molar-refractivity contribution in [3.05, 3.63) is 89.6 Å². The number of pyridine rings is 1. The Labute approximate surface area is 149 Å². The molecule has 0 aliphatic carbocycles. The number of halogens is 2. The molecular formula is C20H17F2N3O. The Balaban J connectivity index is 1.60. The number of nitrogens with zero attached hydrogens (tertiary/aromatic N) is 1. The van der Waals surface area contributed by atoms with Crippen molar-refractivity contribution in [3.8, 4) is 0 Å². The minimum Gasteiger partial charge on any atom is -0.352 e. The number of carbonyl (C=O) groups is 1. The highest BCUT2D eigenvalue weighted by Gasteiger charge is 2.08. The molecule has 132 valence electrons. The van der Waals surface area contributed by atoms with Gasteiger partial charge >= 0.3 is 0 Å². The number of amides is 1. The molecule has 3 aromatic rings. The van der Waals surface area contributed by atoms with Crippen molar-refractivity contribution >= 4 is 17.4 Å². The molecule has 1 amide bonds. The Kier molecular flexibility index (Phi) is 5.53. The van der Waals surface area contributed by atoms with E-state index in [1.165, 1.54) is 24.4 Å². The third-order valence-corrected chi connectivity index (χ3v) is 3.76. The average Bonchev–Trinajstić information content (AvgIpc) is 2.63. The standard InChI is InChI=1S/C20H17F2N3O/c21-16-5-3-6-17(13-16)25-19-12-15(9-10-23-19)20(26)24-11-8-14-4-1-2-7-18(14)22/h1-7,9-10,12-13H,8,11H2,(H,23,25)(H,24,26). The zero-order valence-corrected chi connectivity index (χ0v) is 13.9. The number of anilines is 2. The van der Waals surface area contributed by atoms with Gasteiger partial charge in [-0.1, -0.05) is 24.3 Å². The molecule has 0 saturated carbocycles. The molecule has 0 unspecified atom stereocenters. The summed E-state index contributed by atoms with van der Waals surface area (Å²) in [5.74, 6) is -0.507. The first-order valence-corrected chi connectivity index (χ1v) is 8.12. The molecule has 3 rings (SSSR count). The number of carbonyl (C=O) groups excluding carboxylic acids is 1. The van der Waals surface area contributed by atoms with Crippen molar-refractivity contribution in [1.29, 1.82) is 0 Å². The summed E-state index contributed by atoms with van der Waals surface area (Å²) in [6.45, 7) is 0.314. The van der Waals surface area contributed by atoms with Gasteiger partial charge in [-0.2, -0.15) is 0 Å². The van der Waals surface area contributed by atoms with E-state index in [-0.39, 0.29) is 17.5 Å². The first-order chi connectivity index (χ1) is 12.6. The summed E-state index contributed by atoms with van der Waals surface area (Å²) in [6, 6.07) is 15.6. The van der Waals surface area contributed by atoms with Crippen LogP contribution in [-0.4, -0.2) is 17.4 Å². The van der Waals surface area contributed by atoms with Gasteiger partial charge in [0.2, 0.25) is 0 Å². The van der Waals surface area contributed by atoms with Crippen molar-refractivity contribution < 1.29 is 13.6 Å². The molecule has 0 spiro atoms. The zero-order chi connectivity index (χ0) is 18.4. The molecule has 6 heteroatoms. The third-order valence-electron chi connectivity index (χ3n) is 3.76. The average molecular weight is 353 g/mol. The van der Waals surface area contributed by atoms with Crippen LogP contribution in [0.3, 0.4) is 0 Å². The van der Waals surface area contributed by atoms with E-state index in [9.17, 15) is 13.6 Å². The lowest BCUT2D eigenvalue weighted by Gasteiger charge is -2.09. The number of aromatic nitrogens is 1. The third kappa shape index (κ3) is 4.63. The molecule has 0 saturated heterocycles. The monoisotopic (exact) mass is 353 g/mol. The Hall–Kier alpha value is -3.28. The summed E-state index contributed by atoms with van der Waals surface area (Å²) in [6.07, 6.45) is 1.89. The Morgan fingerprint density at radius 2 is 1.85 bits per heavy atom. The van der Waals surface area contributed by atoms with Gasteiger partial charge in [-0.15, -0.1) is 0 Å². The number of nitrogens with one attached hydrogen (secondary N) is 2. The molecule has 0 aliphatic heterocycles. The van der Waals surface area contributed by atoms with Crippen LogP contribution in [0, 0.1) is 11.6 Å². The van der Waals surface area contributed by atoms with Crippen LogP contribution in [-0.2, 0) is 6.42 Å². The first kappa shape index (κ1) is 17.5. The van der Waals surface area contributed by atoms with Crippen molar-refractivity contribution in [2.75, 3.05) is 11.9 Å². The maximum absolute atomic E-state index is 13.6. The SMILES string of the molecule is O=C(NCCc1ccccc1F)c1ccnc(Nc2cccc(F)c2)c1. The van der Waals surface area contributed by atoms with E-state index in [4.69, 9.17) is 0 Å². The highest BCUT2D eigenvalue weighted by Crippen LogP contribution is 2.16. The number of hydrogen-bond acceptors (Lipinski definition) is 3. The topological polar surface area (TPSA) is 54.0 Å². The number of benzene rings is 2. The summed E-state index contributed by atoms with van der Waals surface area (Å²) in [7, 11) is 0. The number of hydrogen-bond donors (Lipinski definition) is 2. The lowest BCUT2D eigenvalue weighted by Crippen LogP contribution is -2.26. The van der Waals surface area contributed by atoms with Gasteiger partial charge in [-0.3, -0.25) is 4.79 Å². The molecule has 2 N–H and O–H groups in total. The summed E-state index contributed by atoms with van der Waals surface area (Å²) < 4.78 is 26.8. The molecular weight excluding hydrogens is 336 g/mol. The normalized spacial score (nSPS) is 10.4. The van der Waals surface area contributed by atoms with Crippen molar-refractivity contribution in [1.82, 2.24) is 10.3 Å². The van der Waals surface area contributed by atoms with Crippen LogP contribution in [0.5, 0.6) is 0 Å². The van der Waals surface area contributed by atoms with Gasteiger partial charge in [0, 0.05) is 24.0 Å². The summed E-state index contributed by atoms with van der Waals surface area (Å²) >= 11 is 0. The van der Waals surface area contributed by atoms with Crippen LogP contribution in [0.4, 0.5) is 20.3 Å². The van der Waals surface area contributed by atoms with Gasteiger partial charge in [-0.05, 0) is 48.4 Å². The lowest BCUT2D eigenvalue weighted by molar-refractivity contribution is 0.0954. The second kappa shape index (κ2) is 8.20. The summed E-state index contributed by atoms with van der Waals surface area (Å²) in [4.78, 5) is 16.4. The second-order valence-corrected chi connectivity index (χ2v) is 5.66. The van der Waals surface area contributed by atoms with Crippen molar-refractivity contribution in [2.45, 2.75) is 6.42 Å². The maximum Gasteiger partial charge on any atom is 0.251 e. The fourth-order valence-electron chi connectivity index (χ4n) is 2.47. The first-order valence-electron chi connectivity index (χ1n) is 8.12. The minimum atomic E-state index is -0.364. The Bertz CT molecular complexity index is 915. The fourth-order valence-corrected chi connectivity index (χ4v) is 2.47.